The van der Waals surface area contributed by atoms with Gasteiger partial charge in [0.2, 0.25) is 5.95 Å². The van der Waals surface area contributed by atoms with E-state index in [1.165, 1.54) is 0 Å². The van der Waals surface area contributed by atoms with E-state index in [1.807, 2.05) is 42.7 Å². The summed E-state index contributed by atoms with van der Waals surface area (Å²) in [4.78, 5) is 6.93. The van der Waals surface area contributed by atoms with Crippen LogP contribution in [0.3, 0.4) is 0 Å². The first-order valence-corrected chi connectivity index (χ1v) is 9.80. The molecule has 7 heteroatoms. The number of hydrogen-bond donors (Lipinski definition) is 1. The highest BCUT2D eigenvalue weighted by molar-refractivity contribution is 5.72. The Morgan fingerprint density at radius 3 is 2.81 bits per heavy atom. The van der Waals surface area contributed by atoms with Crippen LogP contribution in [0, 0.1) is 5.92 Å². The number of aliphatic hydroxyl groups is 1. The summed E-state index contributed by atoms with van der Waals surface area (Å²) in [5, 5.41) is 19.2. The minimum Gasteiger partial charge on any atom is -0.440 e. The fourth-order valence-corrected chi connectivity index (χ4v) is 3.79. The van der Waals surface area contributed by atoms with Crippen molar-refractivity contribution in [3.05, 3.63) is 36.0 Å². The average Bonchev–Trinajstić information content (AvgIpc) is 3.31. The third-order valence-corrected chi connectivity index (χ3v) is 5.34. The zero-order valence-corrected chi connectivity index (χ0v) is 16.2. The number of nitrogens with zero attached hydrogens (tertiary/aromatic N) is 5. The van der Waals surface area contributed by atoms with E-state index in [2.05, 4.69) is 27.0 Å². The van der Waals surface area contributed by atoms with Gasteiger partial charge in [-0.2, -0.15) is 0 Å². The minimum atomic E-state index is -0.608. The molecule has 0 aliphatic carbocycles. The second-order valence-corrected chi connectivity index (χ2v) is 7.60. The summed E-state index contributed by atoms with van der Waals surface area (Å²) >= 11 is 0. The van der Waals surface area contributed by atoms with Crippen molar-refractivity contribution in [1.82, 2.24) is 19.7 Å². The smallest absolute Gasteiger partial charge is 0.227 e. The van der Waals surface area contributed by atoms with Crippen LogP contribution in [-0.4, -0.2) is 37.9 Å². The molecular formula is C20H27N5O2. The van der Waals surface area contributed by atoms with Gasteiger partial charge in [-0.25, -0.2) is 4.98 Å². The fraction of sp³-hybridized carbons (Fsp3) is 0.550. The SMILES string of the molecule is CCn1c([C@H](O)C(C)C)nnc1N1CCCC(c2nc3ccccc3o2)C1. The second-order valence-electron chi connectivity index (χ2n) is 7.60. The molecule has 3 heterocycles. The third kappa shape index (κ3) is 3.32. The summed E-state index contributed by atoms with van der Waals surface area (Å²) < 4.78 is 8.03. The molecule has 0 spiro atoms. The molecule has 2 atom stereocenters. The van der Waals surface area contributed by atoms with Crippen molar-refractivity contribution in [2.24, 2.45) is 5.92 Å². The number of anilines is 1. The summed E-state index contributed by atoms with van der Waals surface area (Å²) in [6, 6.07) is 7.89. The van der Waals surface area contributed by atoms with Crippen LogP contribution in [0.2, 0.25) is 0 Å². The lowest BCUT2D eigenvalue weighted by molar-refractivity contribution is 0.113. The molecule has 1 saturated heterocycles. The molecule has 4 rings (SSSR count). The Bertz CT molecular complexity index is 883. The van der Waals surface area contributed by atoms with E-state index in [9.17, 15) is 5.11 Å². The van der Waals surface area contributed by atoms with Crippen molar-refractivity contribution in [3.63, 3.8) is 0 Å². The lowest BCUT2D eigenvalue weighted by Crippen LogP contribution is -2.36. The lowest BCUT2D eigenvalue weighted by atomic mass is 9.98. The molecule has 1 aliphatic rings. The first-order valence-electron chi connectivity index (χ1n) is 9.80. The third-order valence-electron chi connectivity index (χ3n) is 5.34. The molecule has 7 nitrogen and oxygen atoms in total. The van der Waals surface area contributed by atoms with Crippen molar-refractivity contribution in [3.8, 4) is 0 Å². The number of aromatic nitrogens is 4. The number of rotatable bonds is 5. The van der Waals surface area contributed by atoms with Crippen LogP contribution < -0.4 is 4.90 Å². The molecular weight excluding hydrogens is 342 g/mol. The predicted molar refractivity (Wildman–Crippen MR) is 104 cm³/mol. The Morgan fingerprint density at radius 1 is 1.26 bits per heavy atom. The fourth-order valence-electron chi connectivity index (χ4n) is 3.79. The number of para-hydroxylation sites is 2. The van der Waals surface area contributed by atoms with Crippen molar-refractivity contribution in [1.29, 1.82) is 0 Å². The van der Waals surface area contributed by atoms with Gasteiger partial charge in [0, 0.05) is 19.6 Å². The molecule has 144 valence electrons. The zero-order valence-electron chi connectivity index (χ0n) is 16.2. The molecule has 0 saturated carbocycles. The maximum absolute atomic E-state index is 10.5. The normalized spacial score (nSPS) is 19.1. The van der Waals surface area contributed by atoms with Crippen LogP contribution in [0.15, 0.2) is 28.7 Å². The van der Waals surface area contributed by atoms with Crippen LogP contribution >= 0.6 is 0 Å². The lowest BCUT2D eigenvalue weighted by Gasteiger charge is -2.32. The first kappa shape index (κ1) is 18.0. The van der Waals surface area contributed by atoms with Gasteiger partial charge in [-0.05, 0) is 37.8 Å². The highest BCUT2D eigenvalue weighted by atomic mass is 16.3. The van der Waals surface area contributed by atoms with Gasteiger partial charge >= 0.3 is 0 Å². The maximum atomic E-state index is 10.5. The van der Waals surface area contributed by atoms with Gasteiger partial charge < -0.3 is 14.4 Å². The van der Waals surface area contributed by atoms with Gasteiger partial charge in [0.05, 0.1) is 5.92 Å². The Balaban J connectivity index is 1.60. The highest BCUT2D eigenvalue weighted by Gasteiger charge is 2.30. The van der Waals surface area contributed by atoms with Crippen LogP contribution in [0.25, 0.3) is 11.1 Å². The van der Waals surface area contributed by atoms with E-state index in [0.717, 1.165) is 55.4 Å². The van der Waals surface area contributed by atoms with Crippen molar-refractivity contribution >= 4 is 17.0 Å². The van der Waals surface area contributed by atoms with E-state index in [1.54, 1.807) is 0 Å². The quantitative estimate of drug-likeness (QED) is 0.741. The molecule has 0 bridgehead atoms. The van der Waals surface area contributed by atoms with Gasteiger partial charge in [0.25, 0.3) is 0 Å². The average molecular weight is 369 g/mol. The molecule has 27 heavy (non-hydrogen) atoms. The largest absolute Gasteiger partial charge is 0.440 e. The van der Waals surface area contributed by atoms with Crippen LogP contribution in [-0.2, 0) is 6.54 Å². The van der Waals surface area contributed by atoms with E-state index in [4.69, 9.17) is 4.42 Å². The number of hydrogen-bond acceptors (Lipinski definition) is 6. The van der Waals surface area contributed by atoms with Gasteiger partial charge in [0.15, 0.2) is 17.3 Å². The van der Waals surface area contributed by atoms with Crippen molar-refractivity contribution < 1.29 is 9.52 Å². The number of oxazole rings is 1. The van der Waals surface area contributed by atoms with Crippen molar-refractivity contribution in [2.45, 2.75) is 52.2 Å². The topological polar surface area (TPSA) is 80.2 Å². The number of piperidine rings is 1. The number of benzene rings is 1. The van der Waals surface area contributed by atoms with Crippen molar-refractivity contribution in [2.75, 3.05) is 18.0 Å². The summed E-state index contributed by atoms with van der Waals surface area (Å²) in [7, 11) is 0. The summed E-state index contributed by atoms with van der Waals surface area (Å²) in [5.41, 5.74) is 1.74. The van der Waals surface area contributed by atoms with E-state index < -0.39 is 6.10 Å². The molecule has 1 aromatic carbocycles. The Morgan fingerprint density at radius 2 is 2.07 bits per heavy atom. The number of fused-ring (bicyclic) bond motifs is 1. The molecule has 1 N–H and O–H groups in total. The monoisotopic (exact) mass is 369 g/mol. The number of aliphatic hydroxyl groups excluding tert-OH is 1. The molecule has 1 fully saturated rings. The Labute approximate surface area is 159 Å². The predicted octanol–water partition coefficient (Wildman–Crippen LogP) is 3.51. The Kier molecular flexibility index (Phi) is 4.86. The first-order chi connectivity index (χ1) is 13.1. The molecule has 2 aromatic heterocycles. The van der Waals surface area contributed by atoms with Gasteiger partial charge in [-0.3, -0.25) is 4.57 Å². The van der Waals surface area contributed by atoms with Gasteiger partial charge in [0.1, 0.15) is 11.6 Å². The second kappa shape index (κ2) is 7.31. The van der Waals surface area contributed by atoms with E-state index in [-0.39, 0.29) is 11.8 Å². The zero-order chi connectivity index (χ0) is 19.0. The Hall–Kier alpha value is -2.41. The molecule has 1 aliphatic heterocycles. The van der Waals surface area contributed by atoms with Gasteiger partial charge in [-0.1, -0.05) is 26.0 Å². The van der Waals surface area contributed by atoms with Crippen LogP contribution in [0.5, 0.6) is 0 Å². The van der Waals surface area contributed by atoms with E-state index in [0.29, 0.717) is 5.82 Å². The summed E-state index contributed by atoms with van der Waals surface area (Å²) in [5.74, 6) is 2.60. The summed E-state index contributed by atoms with van der Waals surface area (Å²) in [6.45, 7) is 8.49. The molecule has 0 amide bonds. The van der Waals surface area contributed by atoms with E-state index >= 15 is 0 Å². The standard InChI is InChI=1S/C20H27N5O2/c1-4-25-18(17(26)13(2)3)22-23-20(25)24-11-7-8-14(12-24)19-21-15-9-5-6-10-16(15)27-19/h5-6,9-10,13-14,17,26H,4,7-8,11-12H2,1-3H3/t14?,17-/m1/s1. The molecule has 3 aromatic rings. The highest BCUT2D eigenvalue weighted by Crippen LogP contribution is 2.32. The maximum Gasteiger partial charge on any atom is 0.227 e. The minimum absolute atomic E-state index is 0.0983. The molecule has 0 radical (unpaired) electrons. The van der Waals surface area contributed by atoms with Gasteiger partial charge in [-0.15, -0.1) is 10.2 Å². The summed E-state index contributed by atoms with van der Waals surface area (Å²) in [6.07, 6.45) is 1.48. The molecule has 1 unspecified atom stereocenters. The van der Waals surface area contributed by atoms with Crippen LogP contribution in [0.1, 0.15) is 57.3 Å². The van der Waals surface area contributed by atoms with Crippen LogP contribution in [0.4, 0.5) is 5.95 Å².